The van der Waals surface area contributed by atoms with E-state index in [0.29, 0.717) is 19.0 Å². The van der Waals surface area contributed by atoms with Crippen molar-refractivity contribution in [1.29, 1.82) is 0 Å². The lowest BCUT2D eigenvalue weighted by Crippen LogP contribution is -2.40. The van der Waals surface area contributed by atoms with Crippen LogP contribution in [0.3, 0.4) is 0 Å². The molecule has 1 aromatic rings. The second-order valence-corrected chi connectivity index (χ2v) is 6.19. The molecule has 0 bridgehead atoms. The highest BCUT2D eigenvalue weighted by atomic mass is 127. The standard InChI is InChI=1S/C17H26F3N3.HI/c1-5-21-15(22-11-10-17(18,19)20)23-12-16(3,4)14-9-7-6-8-13(14)2;/h6-9H,5,10-12H2,1-4H3,(H2,21,22,23);1H. The Morgan fingerprint density at radius 1 is 1.12 bits per heavy atom. The third-order valence-corrected chi connectivity index (χ3v) is 3.55. The molecule has 0 heterocycles. The molecule has 1 rings (SSSR count). The molecule has 1 aromatic carbocycles. The van der Waals surface area contributed by atoms with Crippen molar-refractivity contribution in [2.45, 2.75) is 45.7 Å². The third-order valence-electron chi connectivity index (χ3n) is 3.55. The van der Waals surface area contributed by atoms with Crippen LogP contribution in [0.5, 0.6) is 0 Å². The number of guanidine groups is 1. The molecule has 0 spiro atoms. The zero-order valence-corrected chi connectivity index (χ0v) is 17.0. The van der Waals surface area contributed by atoms with Gasteiger partial charge in [-0.2, -0.15) is 13.2 Å². The molecule has 0 radical (unpaired) electrons. The topological polar surface area (TPSA) is 36.4 Å². The van der Waals surface area contributed by atoms with Crippen molar-refractivity contribution in [3.05, 3.63) is 35.4 Å². The Hall–Kier alpha value is -0.990. The molecule has 0 aliphatic rings. The molecule has 0 atom stereocenters. The van der Waals surface area contributed by atoms with E-state index in [-0.39, 0.29) is 35.9 Å². The van der Waals surface area contributed by atoms with Gasteiger partial charge in [0, 0.05) is 18.5 Å². The second-order valence-electron chi connectivity index (χ2n) is 6.19. The van der Waals surface area contributed by atoms with Gasteiger partial charge in [0.1, 0.15) is 0 Å². The van der Waals surface area contributed by atoms with Gasteiger partial charge in [0.25, 0.3) is 0 Å². The number of nitrogens with zero attached hydrogens (tertiary/aromatic N) is 1. The van der Waals surface area contributed by atoms with Crippen LogP contribution >= 0.6 is 24.0 Å². The summed E-state index contributed by atoms with van der Waals surface area (Å²) in [6, 6.07) is 8.09. The highest BCUT2D eigenvalue weighted by Crippen LogP contribution is 2.26. The lowest BCUT2D eigenvalue weighted by molar-refractivity contribution is -0.132. The van der Waals surface area contributed by atoms with E-state index in [1.807, 2.05) is 32.0 Å². The van der Waals surface area contributed by atoms with Gasteiger partial charge >= 0.3 is 6.18 Å². The maximum atomic E-state index is 12.2. The predicted molar refractivity (Wildman–Crippen MR) is 104 cm³/mol. The normalized spacial score (nSPS) is 12.5. The fourth-order valence-corrected chi connectivity index (χ4v) is 2.36. The molecule has 0 aliphatic carbocycles. The van der Waals surface area contributed by atoms with Crippen LogP contribution in [-0.2, 0) is 5.41 Å². The number of nitrogens with one attached hydrogen (secondary N) is 2. The zero-order chi connectivity index (χ0) is 17.5. The minimum atomic E-state index is -4.16. The summed E-state index contributed by atoms with van der Waals surface area (Å²) in [6.45, 7) is 9.00. The molecule has 7 heteroatoms. The number of hydrogen-bond acceptors (Lipinski definition) is 1. The highest BCUT2D eigenvalue weighted by Gasteiger charge is 2.26. The van der Waals surface area contributed by atoms with Crippen LogP contribution in [0.15, 0.2) is 29.3 Å². The molecule has 3 nitrogen and oxygen atoms in total. The van der Waals surface area contributed by atoms with Crippen LogP contribution in [0.2, 0.25) is 0 Å². The van der Waals surface area contributed by atoms with Gasteiger partial charge in [-0.05, 0) is 25.0 Å². The number of alkyl halides is 3. The number of halogens is 4. The van der Waals surface area contributed by atoms with Gasteiger partial charge in [-0.25, -0.2) is 0 Å². The second kappa shape index (κ2) is 10.1. The fraction of sp³-hybridized carbons (Fsp3) is 0.588. The summed E-state index contributed by atoms with van der Waals surface area (Å²) in [5.74, 6) is 0.415. The predicted octanol–water partition coefficient (Wildman–Crippen LogP) is 4.40. The van der Waals surface area contributed by atoms with Crippen molar-refractivity contribution in [3.8, 4) is 0 Å². The van der Waals surface area contributed by atoms with E-state index < -0.39 is 12.6 Å². The summed E-state index contributed by atoms with van der Waals surface area (Å²) in [7, 11) is 0. The molecule has 2 N–H and O–H groups in total. The Morgan fingerprint density at radius 2 is 1.75 bits per heavy atom. The van der Waals surface area contributed by atoms with Crippen LogP contribution in [0.1, 0.15) is 38.3 Å². The maximum Gasteiger partial charge on any atom is 0.390 e. The Kier molecular flexibility index (Phi) is 9.69. The SMILES string of the molecule is CCNC(=NCC(C)(C)c1ccccc1C)NCCC(F)(F)F.I. The smallest absolute Gasteiger partial charge is 0.357 e. The van der Waals surface area contributed by atoms with E-state index in [4.69, 9.17) is 0 Å². The van der Waals surface area contributed by atoms with E-state index in [0.717, 1.165) is 0 Å². The molecular weight excluding hydrogens is 430 g/mol. The number of aliphatic imine (C=N–C) groups is 1. The molecule has 138 valence electrons. The lowest BCUT2D eigenvalue weighted by atomic mass is 9.82. The maximum absolute atomic E-state index is 12.2. The van der Waals surface area contributed by atoms with Crippen molar-refractivity contribution in [3.63, 3.8) is 0 Å². The molecule has 0 aliphatic heterocycles. The van der Waals surface area contributed by atoms with Gasteiger partial charge < -0.3 is 10.6 Å². The van der Waals surface area contributed by atoms with Crippen LogP contribution in [0.4, 0.5) is 13.2 Å². The minimum absolute atomic E-state index is 0. The Morgan fingerprint density at radius 3 is 2.29 bits per heavy atom. The summed E-state index contributed by atoms with van der Waals surface area (Å²) < 4.78 is 36.7. The van der Waals surface area contributed by atoms with E-state index in [1.165, 1.54) is 11.1 Å². The number of benzene rings is 1. The summed E-state index contributed by atoms with van der Waals surface area (Å²) in [5.41, 5.74) is 2.18. The van der Waals surface area contributed by atoms with Crippen LogP contribution < -0.4 is 10.6 Å². The number of aryl methyl sites for hydroxylation is 1. The van der Waals surface area contributed by atoms with Crippen molar-refractivity contribution in [2.24, 2.45) is 4.99 Å². The summed E-state index contributed by atoms with van der Waals surface area (Å²) >= 11 is 0. The van der Waals surface area contributed by atoms with E-state index in [1.54, 1.807) is 0 Å². The molecule has 0 fully saturated rings. The van der Waals surface area contributed by atoms with Gasteiger partial charge in [-0.1, -0.05) is 38.1 Å². The molecule has 24 heavy (non-hydrogen) atoms. The molecule has 0 amide bonds. The van der Waals surface area contributed by atoms with E-state index in [2.05, 4.69) is 35.5 Å². The first-order valence-electron chi connectivity index (χ1n) is 7.81. The Labute approximate surface area is 159 Å². The van der Waals surface area contributed by atoms with Crippen molar-refractivity contribution in [1.82, 2.24) is 10.6 Å². The van der Waals surface area contributed by atoms with E-state index in [9.17, 15) is 13.2 Å². The van der Waals surface area contributed by atoms with Crippen LogP contribution in [0, 0.1) is 6.92 Å². The molecular formula is C17H27F3IN3. The Bertz CT molecular complexity index is 528. The molecule has 0 aromatic heterocycles. The largest absolute Gasteiger partial charge is 0.390 e. The first-order chi connectivity index (χ1) is 10.7. The minimum Gasteiger partial charge on any atom is -0.357 e. The van der Waals surface area contributed by atoms with Crippen molar-refractivity contribution >= 4 is 29.9 Å². The van der Waals surface area contributed by atoms with Gasteiger partial charge in [0.05, 0.1) is 13.0 Å². The first-order valence-corrected chi connectivity index (χ1v) is 7.81. The third kappa shape index (κ3) is 8.21. The molecule has 0 saturated heterocycles. The zero-order valence-electron chi connectivity index (χ0n) is 14.6. The van der Waals surface area contributed by atoms with Gasteiger partial charge in [0.15, 0.2) is 5.96 Å². The number of hydrogen-bond donors (Lipinski definition) is 2. The van der Waals surface area contributed by atoms with Crippen molar-refractivity contribution in [2.75, 3.05) is 19.6 Å². The molecule has 0 saturated carbocycles. The first kappa shape index (κ1) is 23.0. The van der Waals surface area contributed by atoms with Crippen LogP contribution in [0.25, 0.3) is 0 Å². The molecule has 0 unspecified atom stereocenters. The van der Waals surface area contributed by atoms with Gasteiger partial charge in [0.2, 0.25) is 0 Å². The van der Waals surface area contributed by atoms with Crippen LogP contribution in [-0.4, -0.2) is 31.8 Å². The monoisotopic (exact) mass is 457 g/mol. The summed E-state index contributed by atoms with van der Waals surface area (Å²) in [4.78, 5) is 4.45. The highest BCUT2D eigenvalue weighted by molar-refractivity contribution is 14.0. The average molecular weight is 457 g/mol. The number of rotatable bonds is 6. The summed E-state index contributed by atoms with van der Waals surface area (Å²) in [5, 5.41) is 5.71. The Balaban J connectivity index is 0.00000529. The average Bonchev–Trinajstić information content (AvgIpc) is 2.44. The van der Waals surface area contributed by atoms with Gasteiger partial charge in [-0.15, -0.1) is 24.0 Å². The van der Waals surface area contributed by atoms with Gasteiger partial charge in [-0.3, -0.25) is 4.99 Å². The van der Waals surface area contributed by atoms with E-state index >= 15 is 0 Å². The van der Waals surface area contributed by atoms with Crippen molar-refractivity contribution < 1.29 is 13.2 Å². The summed E-state index contributed by atoms with van der Waals surface area (Å²) in [6.07, 6.45) is -5.04. The fourth-order valence-electron chi connectivity index (χ4n) is 2.36. The lowest BCUT2D eigenvalue weighted by Gasteiger charge is -2.25. The quantitative estimate of drug-likeness (QED) is 0.378.